The number of rotatable bonds is 4. The van der Waals surface area contributed by atoms with E-state index in [1.807, 2.05) is 19.1 Å². The van der Waals surface area contributed by atoms with Crippen molar-refractivity contribution in [2.75, 3.05) is 4.72 Å². The Hall–Kier alpha value is -2.44. The topological polar surface area (TPSA) is 79.3 Å². The standard InChI is InChI=1S/C17H16N2O3S/c1-12-7-8-15(14(10-12)11-20)19-23(21,22)16-6-2-4-13-5-3-9-18-17(13)16/h2-10,19-20H,11H2,1H3. The molecule has 0 unspecified atom stereocenters. The fraction of sp³-hybridized carbons (Fsp3) is 0.118. The van der Waals surface area contributed by atoms with Gasteiger partial charge in [-0.2, -0.15) is 0 Å². The second kappa shape index (κ2) is 5.98. The molecule has 5 nitrogen and oxygen atoms in total. The zero-order chi connectivity index (χ0) is 16.4. The third-order valence-corrected chi connectivity index (χ3v) is 4.96. The number of benzene rings is 2. The number of anilines is 1. The number of fused-ring (bicyclic) bond motifs is 1. The zero-order valence-corrected chi connectivity index (χ0v) is 13.3. The molecule has 0 atom stereocenters. The molecule has 118 valence electrons. The lowest BCUT2D eigenvalue weighted by molar-refractivity contribution is 0.282. The van der Waals surface area contributed by atoms with Crippen LogP contribution >= 0.6 is 0 Å². The lowest BCUT2D eigenvalue weighted by Gasteiger charge is -2.13. The van der Waals surface area contributed by atoms with Crippen molar-refractivity contribution in [3.8, 4) is 0 Å². The Kier molecular flexibility index (Phi) is 4.02. The first kappa shape index (κ1) is 15.5. The molecule has 2 aromatic carbocycles. The Morgan fingerprint density at radius 3 is 2.70 bits per heavy atom. The van der Waals surface area contributed by atoms with Crippen molar-refractivity contribution in [3.05, 3.63) is 65.9 Å². The average Bonchev–Trinajstić information content (AvgIpc) is 2.55. The maximum absolute atomic E-state index is 12.7. The monoisotopic (exact) mass is 328 g/mol. The predicted octanol–water partition coefficient (Wildman–Crippen LogP) is 2.84. The number of nitrogens with zero attached hydrogens (tertiary/aromatic N) is 1. The minimum Gasteiger partial charge on any atom is -0.392 e. The molecule has 0 saturated heterocycles. The summed E-state index contributed by atoms with van der Waals surface area (Å²) in [6.45, 7) is 1.64. The molecule has 0 radical (unpaired) electrons. The van der Waals surface area contributed by atoms with Crippen LogP contribution in [0.2, 0.25) is 0 Å². The third kappa shape index (κ3) is 3.04. The van der Waals surface area contributed by atoms with Crippen LogP contribution in [0.3, 0.4) is 0 Å². The SMILES string of the molecule is Cc1ccc(NS(=O)(=O)c2cccc3cccnc23)c(CO)c1. The fourth-order valence-corrected chi connectivity index (χ4v) is 3.73. The maximum atomic E-state index is 12.7. The third-order valence-electron chi connectivity index (χ3n) is 3.56. The van der Waals surface area contributed by atoms with Crippen molar-refractivity contribution in [2.24, 2.45) is 0 Å². The van der Waals surface area contributed by atoms with Crippen molar-refractivity contribution in [2.45, 2.75) is 18.4 Å². The van der Waals surface area contributed by atoms with Gasteiger partial charge in [-0.1, -0.05) is 35.9 Å². The van der Waals surface area contributed by atoms with Gasteiger partial charge in [0.25, 0.3) is 10.0 Å². The Morgan fingerprint density at radius 2 is 1.91 bits per heavy atom. The molecule has 3 rings (SSSR count). The molecule has 0 fully saturated rings. The lowest BCUT2D eigenvalue weighted by atomic mass is 10.1. The molecule has 2 N–H and O–H groups in total. The quantitative estimate of drug-likeness (QED) is 0.772. The summed E-state index contributed by atoms with van der Waals surface area (Å²) in [4.78, 5) is 4.29. The van der Waals surface area contributed by atoms with Crippen LogP contribution in [-0.4, -0.2) is 18.5 Å². The summed E-state index contributed by atoms with van der Waals surface area (Å²) >= 11 is 0. The van der Waals surface area contributed by atoms with Crippen LogP contribution < -0.4 is 4.72 Å². The molecule has 0 bridgehead atoms. The number of aromatic nitrogens is 1. The van der Waals surface area contributed by atoms with E-state index in [2.05, 4.69) is 9.71 Å². The first-order valence-corrected chi connectivity index (χ1v) is 8.56. The molecule has 0 aliphatic heterocycles. The van der Waals surface area contributed by atoms with Gasteiger partial charge in [-0.15, -0.1) is 0 Å². The molecule has 0 aliphatic rings. The van der Waals surface area contributed by atoms with E-state index in [-0.39, 0.29) is 11.5 Å². The molecule has 0 aliphatic carbocycles. The van der Waals surface area contributed by atoms with Crippen LogP contribution in [0.1, 0.15) is 11.1 Å². The molecule has 1 aromatic heterocycles. The number of aryl methyl sites for hydroxylation is 1. The summed E-state index contributed by atoms with van der Waals surface area (Å²) in [7, 11) is -3.81. The minimum atomic E-state index is -3.81. The Labute approximate surface area is 134 Å². The van der Waals surface area contributed by atoms with Gasteiger partial charge in [0.05, 0.1) is 17.8 Å². The van der Waals surface area contributed by atoms with Crippen molar-refractivity contribution in [1.29, 1.82) is 0 Å². The summed E-state index contributed by atoms with van der Waals surface area (Å²) in [6.07, 6.45) is 1.56. The number of para-hydroxylation sites is 1. The lowest BCUT2D eigenvalue weighted by Crippen LogP contribution is -2.15. The highest BCUT2D eigenvalue weighted by molar-refractivity contribution is 7.93. The van der Waals surface area contributed by atoms with Gasteiger partial charge in [0.1, 0.15) is 4.90 Å². The van der Waals surface area contributed by atoms with Crippen LogP contribution in [-0.2, 0) is 16.6 Å². The van der Waals surface area contributed by atoms with E-state index in [0.29, 0.717) is 16.8 Å². The van der Waals surface area contributed by atoms with E-state index in [1.165, 1.54) is 6.07 Å². The molecule has 1 heterocycles. The molecule has 23 heavy (non-hydrogen) atoms. The summed E-state index contributed by atoms with van der Waals surface area (Å²) < 4.78 is 28.0. The van der Waals surface area contributed by atoms with Gasteiger partial charge in [0, 0.05) is 17.1 Å². The molecular formula is C17H16N2O3S. The first-order valence-electron chi connectivity index (χ1n) is 7.08. The number of nitrogens with one attached hydrogen (secondary N) is 1. The molecule has 0 amide bonds. The van der Waals surface area contributed by atoms with Crippen LogP contribution in [0.5, 0.6) is 0 Å². The van der Waals surface area contributed by atoms with Crippen molar-refractivity contribution in [1.82, 2.24) is 4.98 Å². The van der Waals surface area contributed by atoms with Crippen molar-refractivity contribution >= 4 is 26.6 Å². The minimum absolute atomic E-state index is 0.111. The van der Waals surface area contributed by atoms with Crippen LogP contribution in [0.4, 0.5) is 5.69 Å². The highest BCUT2D eigenvalue weighted by Gasteiger charge is 2.19. The number of pyridine rings is 1. The van der Waals surface area contributed by atoms with Crippen LogP contribution in [0.25, 0.3) is 10.9 Å². The second-order valence-electron chi connectivity index (χ2n) is 5.26. The maximum Gasteiger partial charge on any atom is 0.264 e. The van der Waals surface area contributed by atoms with E-state index in [4.69, 9.17) is 0 Å². The number of hydrogen-bond donors (Lipinski definition) is 2. The summed E-state index contributed by atoms with van der Waals surface area (Å²) in [5.41, 5.74) is 2.26. The van der Waals surface area contributed by atoms with Crippen molar-refractivity contribution < 1.29 is 13.5 Å². The smallest absolute Gasteiger partial charge is 0.264 e. The van der Waals surface area contributed by atoms with Gasteiger partial charge >= 0.3 is 0 Å². The molecule has 0 saturated carbocycles. The van der Waals surface area contributed by atoms with E-state index in [1.54, 1.807) is 36.5 Å². The van der Waals surface area contributed by atoms with Gasteiger partial charge in [-0.25, -0.2) is 8.42 Å². The van der Waals surface area contributed by atoms with Crippen LogP contribution in [0, 0.1) is 6.92 Å². The van der Waals surface area contributed by atoms with Gasteiger partial charge in [-0.3, -0.25) is 9.71 Å². The Bertz CT molecular complexity index is 963. The van der Waals surface area contributed by atoms with Crippen molar-refractivity contribution in [3.63, 3.8) is 0 Å². The number of aliphatic hydroxyl groups is 1. The molecule has 0 spiro atoms. The second-order valence-corrected chi connectivity index (χ2v) is 6.91. The van der Waals surface area contributed by atoms with E-state index in [0.717, 1.165) is 10.9 Å². The zero-order valence-electron chi connectivity index (χ0n) is 12.5. The van der Waals surface area contributed by atoms with Gasteiger partial charge < -0.3 is 5.11 Å². The Balaban J connectivity index is 2.08. The van der Waals surface area contributed by atoms with Gasteiger partial charge in [0.15, 0.2) is 0 Å². The predicted molar refractivity (Wildman–Crippen MR) is 89.7 cm³/mol. The Morgan fingerprint density at radius 1 is 1.13 bits per heavy atom. The summed E-state index contributed by atoms with van der Waals surface area (Å²) in [6, 6.07) is 13.8. The normalized spacial score (nSPS) is 11.6. The number of aliphatic hydroxyl groups excluding tert-OH is 1. The number of hydrogen-bond acceptors (Lipinski definition) is 4. The first-order chi connectivity index (χ1) is 11.0. The van der Waals surface area contributed by atoms with E-state index in [9.17, 15) is 13.5 Å². The average molecular weight is 328 g/mol. The van der Waals surface area contributed by atoms with E-state index < -0.39 is 10.0 Å². The summed E-state index contributed by atoms with van der Waals surface area (Å²) in [5, 5.41) is 10.2. The number of sulfonamides is 1. The summed E-state index contributed by atoms with van der Waals surface area (Å²) in [5.74, 6) is 0. The molecule has 3 aromatic rings. The highest BCUT2D eigenvalue weighted by Crippen LogP contribution is 2.25. The van der Waals surface area contributed by atoms with Gasteiger partial charge in [0.2, 0.25) is 0 Å². The largest absolute Gasteiger partial charge is 0.392 e. The fourth-order valence-electron chi connectivity index (χ4n) is 2.45. The van der Waals surface area contributed by atoms with E-state index >= 15 is 0 Å². The van der Waals surface area contributed by atoms with Gasteiger partial charge in [-0.05, 0) is 25.1 Å². The van der Waals surface area contributed by atoms with Crippen LogP contribution in [0.15, 0.2) is 59.6 Å². The highest BCUT2D eigenvalue weighted by atomic mass is 32.2. The molecule has 6 heteroatoms. The molecular weight excluding hydrogens is 312 g/mol.